The van der Waals surface area contributed by atoms with Crippen molar-refractivity contribution < 1.29 is 4.42 Å². The molecule has 3 rings (SSSR count). The van der Waals surface area contributed by atoms with Gasteiger partial charge in [-0.3, -0.25) is 4.90 Å². The Morgan fingerprint density at radius 1 is 1.21 bits per heavy atom. The Balaban J connectivity index is 1.45. The van der Waals surface area contributed by atoms with Gasteiger partial charge in [0.05, 0.1) is 6.04 Å². The summed E-state index contributed by atoms with van der Waals surface area (Å²) in [6.45, 7) is 8.40. The SMILES string of the molecule is Cc1nnc([C@H](C)N2CCC(CN(C)Cc3ccccc3)CC2)o1. The maximum absolute atomic E-state index is 5.58. The van der Waals surface area contributed by atoms with E-state index in [4.69, 9.17) is 4.42 Å². The summed E-state index contributed by atoms with van der Waals surface area (Å²) in [4.78, 5) is 4.90. The molecule has 1 aromatic heterocycles. The van der Waals surface area contributed by atoms with Gasteiger partial charge in [0.1, 0.15) is 0 Å². The smallest absolute Gasteiger partial charge is 0.233 e. The van der Waals surface area contributed by atoms with Crippen molar-refractivity contribution in [3.8, 4) is 0 Å². The van der Waals surface area contributed by atoms with Crippen LogP contribution in [0.25, 0.3) is 0 Å². The molecule has 1 aliphatic heterocycles. The highest BCUT2D eigenvalue weighted by Gasteiger charge is 2.26. The van der Waals surface area contributed by atoms with Crippen LogP contribution in [0.4, 0.5) is 0 Å². The minimum atomic E-state index is 0.217. The fraction of sp³-hybridized carbons (Fsp3) is 0.579. The number of nitrogens with zero attached hydrogens (tertiary/aromatic N) is 4. The Hall–Kier alpha value is -1.72. The predicted molar refractivity (Wildman–Crippen MR) is 94.5 cm³/mol. The van der Waals surface area contributed by atoms with Gasteiger partial charge in [-0.05, 0) is 51.4 Å². The molecular formula is C19H28N4O. The standard InChI is InChI=1S/C19H28N4O/c1-15(19-21-20-16(2)24-19)23-11-9-18(10-12-23)14-22(3)13-17-7-5-4-6-8-17/h4-8,15,18H,9-14H2,1-3H3/t15-/m0/s1. The highest BCUT2D eigenvalue weighted by molar-refractivity contribution is 5.14. The molecule has 24 heavy (non-hydrogen) atoms. The molecule has 1 fully saturated rings. The first kappa shape index (κ1) is 17.1. The molecule has 0 spiro atoms. The topological polar surface area (TPSA) is 45.4 Å². The van der Waals surface area contributed by atoms with Crippen molar-refractivity contribution in [3.05, 3.63) is 47.7 Å². The van der Waals surface area contributed by atoms with Gasteiger partial charge in [-0.15, -0.1) is 10.2 Å². The van der Waals surface area contributed by atoms with Gasteiger partial charge < -0.3 is 9.32 Å². The molecule has 0 bridgehead atoms. The van der Waals surface area contributed by atoms with Gasteiger partial charge in [0, 0.05) is 20.0 Å². The minimum absolute atomic E-state index is 0.217. The van der Waals surface area contributed by atoms with Crippen LogP contribution in [0.5, 0.6) is 0 Å². The molecule has 2 heterocycles. The summed E-state index contributed by atoms with van der Waals surface area (Å²) < 4.78 is 5.58. The number of aromatic nitrogens is 2. The monoisotopic (exact) mass is 328 g/mol. The second kappa shape index (κ2) is 7.90. The van der Waals surface area contributed by atoms with Crippen LogP contribution in [0.1, 0.15) is 43.2 Å². The van der Waals surface area contributed by atoms with E-state index >= 15 is 0 Å². The molecule has 2 aromatic rings. The van der Waals surface area contributed by atoms with Gasteiger partial charge in [0.25, 0.3) is 0 Å². The van der Waals surface area contributed by atoms with Crippen molar-refractivity contribution in [2.24, 2.45) is 5.92 Å². The molecule has 5 nitrogen and oxygen atoms in total. The van der Waals surface area contributed by atoms with E-state index in [1.54, 1.807) is 0 Å². The molecule has 5 heteroatoms. The molecule has 0 amide bonds. The number of piperidine rings is 1. The highest BCUT2D eigenvalue weighted by atomic mass is 16.4. The first-order valence-corrected chi connectivity index (χ1v) is 8.88. The molecule has 130 valence electrons. The molecule has 0 N–H and O–H groups in total. The molecule has 0 saturated carbocycles. The van der Waals surface area contributed by atoms with Gasteiger partial charge in [-0.1, -0.05) is 30.3 Å². The first-order valence-electron chi connectivity index (χ1n) is 8.88. The van der Waals surface area contributed by atoms with E-state index in [-0.39, 0.29) is 6.04 Å². The molecule has 1 aliphatic rings. The van der Waals surface area contributed by atoms with Crippen LogP contribution in [0.2, 0.25) is 0 Å². The number of aryl methyl sites for hydroxylation is 1. The normalized spacial score (nSPS) is 18.2. The van der Waals surface area contributed by atoms with Gasteiger partial charge in [0.15, 0.2) is 0 Å². The maximum Gasteiger partial charge on any atom is 0.233 e. The van der Waals surface area contributed by atoms with E-state index in [2.05, 4.69) is 64.3 Å². The second-order valence-electron chi connectivity index (χ2n) is 7.00. The number of rotatable bonds is 6. The lowest BCUT2D eigenvalue weighted by Gasteiger charge is -2.36. The quantitative estimate of drug-likeness (QED) is 0.814. The number of benzene rings is 1. The zero-order chi connectivity index (χ0) is 16.9. The van der Waals surface area contributed by atoms with Crippen LogP contribution in [0.15, 0.2) is 34.7 Å². The van der Waals surface area contributed by atoms with Crippen molar-refractivity contribution in [3.63, 3.8) is 0 Å². The van der Waals surface area contributed by atoms with Gasteiger partial charge in [0.2, 0.25) is 11.8 Å². The Morgan fingerprint density at radius 2 is 1.92 bits per heavy atom. The summed E-state index contributed by atoms with van der Waals surface area (Å²) in [5.41, 5.74) is 1.39. The summed E-state index contributed by atoms with van der Waals surface area (Å²) in [7, 11) is 2.23. The summed E-state index contributed by atoms with van der Waals surface area (Å²) >= 11 is 0. The van der Waals surface area contributed by atoms with Crippen LogP contribution in [0, 0.1) is 12.8 Å². The zero-order valence-corrected chi connectivity index (χ0v) is 15.0. The third kappa shape index (κ3) is 4.42. The summed E-state index contributed by atoms with van der Waals surface area (Å²) in [5.74, 6) is 2.16. The lowest BCUT2D eigenvalue weighted by molar-refractivity contribution is 0.108. The lowest BCUT2D eigenvalue weighted by Crippen LogP contribution is -2.39. The first-order chi connectivity index (χ1) is 11.6. The molecule has 1 aromatic carbocycles. The van der Waals surface area contributed by atoms with Crippen LogP contribution in [-0.4, -0.2) is 46.7 Å². The maximum atomic E-state index is 5.58. The fourth-order valence-electron chi connectivity index (χ4n) is 3.56. The fourth-order valence-corrected chi connectivity index (χ4v) is 3.56. The lowest BCUT2D eigenvalue weighted by atomic mass is 9.95. The Morgan fingerprint density at radius 3 is 2.54 bits per heavy atom. The molecular weight excluding hydrogens is 300 g/mol. The van der Waals surface area contributed by atoms with Crippen LogP contribution >= 0.6 is 0 Å². The molecule has 0 unspecified atom stereocenters. The number of likely N-dealkylation sites (tertiary alicyclic amines) is 1. The third-order valence-electron chi connectivity index (χ3n) is 4.96. The summed E-state index contributed by atoms with van der Waals surface area (Å²) in [5, 5.41) is 8.12. The van der Waals surface area contributed by atoms with E-state index in [9.17, 15) is 0 Å². The Bertz CT molecular complexity index is 619. The summed E-state index contributed by atoms with van der Waals surface area (Å²) in [6.07, 6.45) is 2.47. The van der Waals surface area contributed by atoms with Gasteiger partial charge in [-0.25, -0.2) is 0 Å². The van der Waals surface area contributed by atoms with Crippen molar-refractivity contribution in [1.29, 1.82) is 0 Å². The average Bonchev–Trinajstić information content (AvgIpc) is 3.02. The number of hydrogen-bond donors (Lipinski definition) is 0. The average molecular weight is 328 g/mol. The van der Waals surface area contributed by atoms with E-state index < -0.39 is 0 Å². The van der Waals surface area contributed by atoms with Crippen molar-refractivity contribution in [2.45, 2.75) is 39.3 Å². The zero-order valence-electron chi connectivity index (χ0n) is 15.0. The molecule has 0 aliphatic carbocycles. The van der Waals surface area contributed by atoms with Crippen molar-refractivity contribution in [1.82, 2.24) is 20.0 Å². The van der Waals surface area contributed by atoms with Crippen LogP contribution in [0.3, 0.4) is 0 Å². The third-order valence-corrected chi connectivity index (χ3v) is 4.96. The van der Waals surface area contributed by atoms with Gasteiger partial charge >= 0.3 is 0 Å². The van der Waals surface area contributed by atoms with E-state index in [0.717, 1.165) is 38.0 Å². The second-order valence-corrected chi connectivity index (χ2v) is 7.00. The van der Waals surface area contributed by atoms with Crippen molar-refractivity contribution in [2.75, 3.05) is 26.7 Å². The predicted octanol–water partition coefficient (Wildman–Crippen LogP) is 3.28. The van der Waals surface area contributed by atoms with Crippen LogP contribution in [-0.2, 0) is 6.54 Å². The van der Waals surface area contributed by atoms with E-state index in [1.165, 1.54) is 18.4 Å². The Labute approximate surface area is 144 Å². The van der Waals surface area contributed by atoms with Gasteiger partial charge in [-0.2, -0.15) is 0 Å². The van der Waals surface area contributed by atoms with Crippen LogP contribution < -0.4 is 0 Å². The van der Waals surface area contributed by atoms with E-state index in [0.29, 0.717) is 5.89 Å². The molecule has 1 saturated heterocycles. The molecule has 0 radical (unpaired) electrons. The number of hydrogen-bond acceptors (Lipinski definition) is 5. The minimum Gasteiger partial charge on any atom is -0.424 e. The molecule has 1 atom stereocenters. The highest BCUT2D eigenvalue weighted by Crippen LogP contribution is 2.26. The Kier molecular flexibility index (Phi) is 5.63. The van der Waals surface area contributed by atoms with Crippen molar-refractivity contribution >= 4 is 0 Å². The van der Waals surface area contributed by atoms with E-state index in [1.807, 2.05) is 6.92 Å². The largest absolute Gasteiger partial charge is 0.424 e. The summed E-state index contributed by atoms with van der Waals surface area (Å²) in [6, 6.07) is 10.9.